The summed E-state index contributed by atoms with van der Waals surface area (Å²) in [4.78, 5) is 35.1. The van der Waals surface area contributed by atoms with Crippen molar-refractivity contribution < 1.29 is 14.3 Å². The molecule has 3 aromatic rings. The van der Waals surface area contributed by atoms with Gasteiger partial charge in [-0.1, -0.05) is 54.1 Å². The Bertz CT molecular complexity index is 1070. The maximum absolute atomic E-state index is 13.4. The number of halogens is 1. The van der Waals surface area contributed by atoms with E-state index in [2.05, 4.69) is 15.3 Å². The number of hydrogen-bond donors (Lipinski definition) is 2. The van der Waals surface area contributed by atoms with E-state index >= 15 is 0 Å². The molecular weight excluding hydrogens is 416 g/mol. The summed E-state index contributed by atoms with van der Waals surface area (Å²) < 4.78 is 4.94. The van der Waals surface area contributed by atoms with Crippen LogP contribution in [0, 0.1) is 0 Å². The molecule has 0 spiro atoms. The fraction of sp³-hybridized carbons (Fsp3) is 0.261. The largest absolute Gasteiger partial charge is 0.467 e. The number of hydrogen-bond acceptors (Lipinski definition) is 4. The van der Waals surface area contributed by atoms with Crippen LogP contribution in [-0.4, -0.2) is 46.6 Å². The second-order valence-corrected chi connectivity index (χ2v) is 7.82. The predicted octanol–water partition coefficient (Wildman–Crippen LogP) is 3.50. The molecule has 8 heteroatoms. The Morgan fingerprint density at radius 2 is 2.06 bits per heavy atom. The van der Waals surface area contributed by atoms with E-state index in [1.54, 1.807) is 17.3 Å². The fourth-order valence-corrected chi connectivity index (χ4v) is 4.13. The number of benzene rings is 2. The molecular formula is C23H23ClN4O3. The number of H-pyrrole nitrogens is 1. The SMILES string of the molecule is COC(=O)[C@H](Cc1ccccc1)NC(=O)N1CCc2[nH]cnc2[C@H]1c1cccc(Cl)c1. The molecule has 0 unspecified atom stereocenters. The van der Waals surface area contributed by atoms with Crippen LogP contribution in [0.3, 0.4) is 0 Å². The van der Waals surface area contributed by atoms with Gasteiger partial charge in [-0.15, -0.1) is 0 Å². The minimum atomic E-state index is -0.805. The van der Waals surface area contributed by atoms with Crippen LogP contribution in [-0.2, 0) is 22.4 Å². The molecule has 0 fully saturated rings. The second kappa shape index (κ2) is 9.22. The zero-order valence-electron chi connectivity index (χ0n) is 17.0. The van der Waals surface area contributed by atoms with Gasteiger partial charge in [0.1, 0.15) is 12.1 Å². The summed E-state index contributed by atoms with van der Waals surface area (Å²) in [6.07, 6.45) is 2.61. The molecule has 2 amide bonds. The number of fused-ring (bicyclic) bond motifs is 1. The van der Waals surface area contributed by atoms with Crippen molar-refractivity contribution in [3.8, 4) is 0 Å². The van der Waals surface area contributed by atoms with Crippen molar-refractivity contribution in [1.82, 2.24) is 20.2 Å². The van der Waals surface area contributed by atoms with Crippen LogP contribution in [0.4, 0.5) is 4.79 Å². The van der Waals surface area contributed by atoms with Gasteiger partial charge in [-0.05, 0) is 23.3 Å². The average molecular weight is 439 g/mol. The van der Waals surface area contributed by atoms with Crippen LogP contribution in [0.15, 0.2) is 60.9 Å². The van der Waals surface area contributed by atoms with Crippen LogP contribution in [0.2, 0.25) is 5.02 Å². The first kappa shape index (κ1) is 20.9. The summed E-state index contributed by atoms with van der Waals surface area (Å²) in [7, 11) is 1.32. The van der Waals surface area contributed by atoms with Gasteiger partial charge in [-0.2, -0.15) is 0 Å². The summed E-state index contributed by atoms with van der Waals surface area (Å²) in [5, 5.41) is 3.45. The number of ether oxygens (including phenoxy) is 1. The first-order valence-corrected chi connectivity index (χ1v) is 10.4. The van der Waals surface area contributed by atoms with Crippen molar-refractivity contribution in [1.29, 1.82) is 0 Å². The lowest BCUT2D eigenvalue weighted by molar-refractivity contribution is -0.142. The van der Waals surface area contributed by atoms with Crippen LogP contribution < -0.4 is 5.32 Å². The van der Waals surface area contributed by atoms with Gasteiger partial charge >= 0.3 is 12.0 Å². The van der Waals surface area contributed by atoms with Crippen molar-refractivity contribution in [3.63, 3.8) is 0 Å². The molecule has 0 aliphatic carbocycles. The highest BCUT2D eigenvalue weighted by molar-refractivity contribution is 6.30. The van der Waals surface area contributed by atoms with E-state index in [0.717, 1.165) is 22.5 Å². The standard InChI is InChI=1S/C23H23ClN4O3/c1-31-22(29)19(12-15-6-3-2-4-7-15)27-23(30)28-11-10-18-20(26-14-25-18)21(28)16-8-5-9-17(24)13-16/h2-9,13-14,19,21H,10-12H2,1H3,(H,25,26)(H,27,30)/t19-,21+/m0/s1. The molecule has 31 heavy (non-hydrogen) atoms. The number of aromatic nitrogens is 2. The molecule has 2 heterocycles. The van der Waals surface area contributed by atoms with Gasteiger partial charge in [0, 0.05) is 30.1 Å². The van der Waals surface area contributed by atoms with Gasteiger partial charge in [0.25, 0.3) is 0 Å². The molecule has 1 aromatic heterocycles. The van der Waals surface area contributed by atoms with E-state index in [1.165, 1.54) is 7.11 Å². The summed E-state index contributed by atoms with van der Waals surface area (Å²) in [5.41, 5.74) is 3.55. The van der Waals surface area contributed by atoms with Crippen LogP contribution in [0.1, 0.15) is 28.6 Å². The lowest BCUT2D eigenvalue weighted by Gasteiger charge is -2.36. The third kappa shape index (κ3) is 4.56. The van der Waals surface area contributed by atoms with Crippen molar-refractivity contribution in [2.24, 2.45) is 0 Å². The van der Waals surface area contributed by atoms with E-state index in [-0.39, 0.29) is 6.03 Å². The zero-order valence-corrected chi connectivity index (χ0v) is 17.8. The number of imidazole rings is 1. The Kier molecular flexibility index (Phi) is 6.23. The molecule has 0 saturated heterocycles. The highest BCUT2D eigenvalue weighted by Gasteiger charge is 2.36. The second-order valence-electron chi connectivity index (χ2n) is 7.38. The van der Waals surface area contributed by atoms with Crippen LogP contribution in [0.5, 0.6) is 0 Å². The molecule has 7 nitrogen and oxygen atoms in total. The van der Waals surface area contributed by atoms with Gasteiger partial charge in [0.2, 0.25) is 0 Å². The molecule has 160 valence electrons. The zero-order chi connectivity index (χ0) is 21.8. The molecule has 0 radical (unpaired) electrons. The van der Waals surface area contributed by atoms with Crippen molar-refractivity contribution in [3.05, 3.63) is 88.5 Å². The number of nitrogens with one attached hydrogen (secondary N) is 2. The van der Waals surface area contributed by atoms with E-state index in [9.17, 15) is 9.59 Å². The Labute approximate surface area is 185 Å². The molecule has 1 aliphatic rings. The summed E-state index contributed by atoms with van der Waals surface area (Å²) in [5.74, 6) is -0.492. The molecule has 1 aliphatic heterocycles. The summed E-state index contributed by atoms with van der Waals surface area (Å²) >= 11 is 6.22. The Hall–Kier alpha value is -3.32. The summed E-state index contributed by atoms with van der Waals surface area (Å²) in [6.45, 7) is 0.470. The first-order valence-electron chi connectivity index (χ1n) is 10.0. The van der Waals surface area contributed by atoms with E-state index in [1.807, 2.05) is 48.5 Å². The molecule has 2 atom stereocenters. The Morgan fingerprint density at radius 3 is 2.81 bits per heavy atom. The predicted molar refractivity (Wildman–Crippen MR) is 117 cm³/mol. The van der Waals surface area contributed by atoms with E-state index < -0.39 is 18.1 Å². The van der Waals surface area contributed by atoms with Crippen LogP contribution >= 0.6 is 11.6 Å². The van der Waals surface area contributed by atoms with Crippen molar-refractivity contribution in [2.45, 2.75) is 24.9 Å². The highest BCUT2D eigenvalue weighted by Crippen LogP contribution is 2.34. The number of aromatic amines is 1. The number of rotatable bonds is 5. The van der Waals surface area contributed by atoms with Crippen LogP contribution in [0.25, 0.3) is 0 Å². The monoisotopic (exact) mass is 438 g/mol. The number of carbonyl (C=O) groups excluding carboxylic acids is 2. The summed E-state index contributed by atoms with van der Waals surface area (Å²) in [6, 6.07) is 15.3. The van der Waals surface area contributed by atoms with Gasteiger partial charge in [-0.3, -0.25) is 0 Å². The third-order valence-electron chi connectivity index (χ3n) is 5.42. The van der Waals surface area contributed by atoms with Crippen molar-refractivity contribution >= 4 is 23.6 Å². The Balaban J connectivity index is 1.61. The van der Waals surface area contributed by atoms with E-state index in [4.69, 9.17) is 16.3 Å². The Morgan fingerprint density at radius 1 is 1.26 bits per heavy atom. The van der Waals surface area contributed by atoms with Gasteiger partial charge in [0.15, 0.2) is 0 Å². The smallest absolute Gasteiger partial charge is 0.328 e. The number of nitrogens with zero attached hydrogens (tertiary/aromatic N) is 2. The topological polar surface area (TPSA) is 87.3 Å². The number of carbonyl (C=O) groups is 2. The minimum absolute atomic E-state index is 0.336. The number of esters is 1. The lowest BCUT2D eigenvalue weighted by Crippen LogP contribution is -2.52. The fourth-order valence-electron chi connectivity index (χ4n) is 3.93. The first-order chi connectivity index (χ1) is 15.1. The number of urea groups is 1. The molecule has 2 aromatic carbocycles. The normalized spacial score (nSPS) is 16.3. The van der Waals surface area contributed by atoms with E-state index in [0.29, 0.717) is 24.4 Å². The third-order valence-corrected chi connectivity index (χ3v) is 5.65. The minimum Gasteiger partial charge on any atom is -0.467 e. The number of amides is 2. The van der Waals surface area contributed by atoms with Gasteiger partial charge in [-0.25, -0.2) is 14.6 Å². The molecule has 0 saturated carbocycles. The van der Waals surface area contributed by atoms with Gasteiger partial charge < -0.3 is 19.9 Å². The quantitative estimate of drug-likeness (QED) is 0.597. The molecule has 2 N–H and O–H groups in total. The maximum atomic E-state index is 13.4. The van der Waals surface area contributed by atoms with Crippen molar-refractivity contribution in [2.75, 3.05) is 13.7 Å². The highest BCUT2D eigenvalue weighted by atomic mass is 35.5. The van der Waals surface area contributed by atoms with Gasteiger partial charge in [0.05, 0.1) is 19.1 Å². The maximum Gasteiger partial charge on any atom is 0.328 e. The molecule has 4 rings (SSSR count). The molecule has 0 bridgehead atoms. The average Bonchev–Trinajstić information content (AvgIpc) is 3.27. The number of methoxy groups -OCH3 is 1. The lowest BCUT2D eigenvalue weighted by atomic mass is 9.96.